The first-order valence-electron chi connectivity index (χ1n) is 3.61. The lowest BCUT2D eigenvalue weighted by Crippen LogP contribution is -2.24. The number of nitrogens with zero attached hydrogens (tertiary/aromatic N) is 1. The second-order valence-corrected chi connectivity index (χ2v) is 3.24. The second kappa shape index (κ2) is 3.26. The minimum absolute atomic E-state index is 0.0373. The minimum atomic E-state index is -0.649. The number of hydrogen-bond acceptors (Lipinski definition) is 4. The van der Waals surface area contributed by atoms with E-state index in [9.17, 15) is 9.59 Å². The van der Waals surface area contributed by atoms with E-state index in [1.165, 1.54) is 0 Å². The molecular weight excluding hydrogens is 254 g/mol. The molecule has 0 spiro atoms. The van der Waals surface area contributed by atoms with Crippen molar-refractivity contribution in [3.05, 3.63) is 37.6 Å². The van der Waals surface area contributed by atoms with Crippen LogP contribution in [0.4, 0.5) is 0 Å². The summed E-state index contributed by atoms with van der Waals surface area (Å²) >= 11 is 3.09. The lowest BCUT2D eigenvalue weighted by Gasteiger charge is -1.91. The SMILES string of the molecule is O=c1[nH]nc(-c2ccc(Br)o2)c(=O)[nH]1. The molecule has 72 valence electrons. The van der Waals surface area contributed by atoms with Crippen LogP contribution in [0.1, 0.15) is 0 Å². The van der Waals surface area contributed by atoms with Gasteiger partial charge in [-0.2, -0.15) is 5.10 Å². The molecule has 0 bridgehead atoms. The molecule has 2 aromatic heterocycles. The number of halogens is 1. The number of furan rings is 1. The molecule has 14 heavy (non-hydrogen) atoms. The predicted molar refractivity (Wildman–Crippen MR) is 50.9 cm³/mol. The normalized spacial score (nSPS) is 10.4. The Morgan fingerprint density at radius 1 is 1.36 bits per heavy atom. The molecule has 0 aromatic carbocycles. The van der Waals surface area contributed by atoms with Gasteiger partial charge in [-0.15, -0.1) is 0 Å². The molecule has 0 radical (unpaired) electrons. The van der Waals surface area contributed by atoms with E-state index in [2.05, 4.69) is 26.1 Å². The summed E-state index contributed by atoms with van der Waals surface area (Å²) < 4.78 is 5.59. The topological polar surface area (TPSA) is 91.8 Å². The van der Waals surface area contributed by atoms with Crippen molar-refractivity contribution in [3.63, 3.8) is 0 Å². The fraction of sp³-hybridized carbons (Fsp3) is 0. The lowest BCUT2D eigenvalue weighted by molar-refractivity contribution is 0.551. The van der Waals surface area contributed by atoms with E-state index in [1.54, 1.807) is 12.1 Å². The number of aromatic nitrogens is 3. The highest BCUT2D eigenvalue weighted by Gasteiger charge is 2.09. The zero-order valence-electron chi connectivity index (χ0n) is 6.70. The molecule has 0 aliphatic rings. The third kappa shape index (κ3) is 1.53. The Kier molecular flexibility index (Phi) is 2.08. The van der Waals surface area contributed by atoms with Gasteiger partial charge in [-0.25, -0.2) is 9.89 Å². The van der Waals surface area contributed by atoms with Crippen molar-refractivity contribution in [3.8, 4) is 11.5 Å². The summed E-state index contributed by atoms with van der Waals surface area (Å²) in [5.74, 6) is 0.286. The number of aromatic amines is 2. The third-order valence-electron chi connectivity index (χ3n) is 1.52. The molecule has 7 heteroatoms. The molecule has 2 aromatic rings. The molecule has 0 unspecified atom stereocenters. The second-order valence-electron chi connectivity index (χ2n) is 2.46. The smallest absolute Gasteiger partial charge is 0.342 e. The van der Waals surface area contributed by atoms with E-state index in [0.717, 1.165) is 0 Å². The Labute approximate surface area is 85.1 Å². The number of rotatable bonds is 1. The molecule has 0 fully saturated rings. The van der Waals surface area contributed by atoms with Gasteiger partial charge >= 0.3 is 5.69 Å². The van der Waals surface area contributed by atoms with Crippen molar-refractivity contribution in [2.45, 2.75) is 0 Å². The highest BCUT2D eigenvalue weighted by molar-refractivity contribution is 9.10. The fourth-order valence-corrected chi connectivity index (χ4v) is 1.26. The van der Waals surface area contributed by atoms with Gasteiger partial charge in [0.05, 0.1) is 0 Å². The lowest BCUT2D eigenvalue weighted by atomic mass is 10.3. The first-order chi connectivity index (χ1) is 6.66. The minimum Gasteiger partial charge on any atom is -0.447 e. The van der Waals surface area contributed by atoms with Crippen LogP contribution in [0.2, 0.25) is 0 Å². The average molecular weight is 258 g/mol. The van der Waals surface area contributed by atoms with Crippen LogP contribution in [0.15, 0.2) is 30.8 Å². The van der Waals surface area contributed by atoms with Gasteiger partial charge in [0.1, 0.15) is 0 Å². The van der Waals surface area contributed by atoms with E-state index >= 15 is 0 Å². The molecule has 2 heterocycles. The van der Waals surface area contributed by atoms with Gasteiger partial charge < -0.3 is 4.42 Å². The molecule has 0 aliphatic carbocycles. The van der Waals surface area contributed by atoms with Crippen LogP contribution in [0.25, 0.3) is 11.5 Å². The standard InChI is InChI=1S/C7H4BrN3O3/c8-4-2-1-3(14-4)5-6(12)9-7(13)11-10-5/h1-2H,(H2,9,11,12,13). The number of nitrogens with one attached hydrogen (secondary N) is 2. The van der Waals surface area contributed by atoms with E-state index in [0.29, 0.717) is 4.67 Å². The van der Waals surface area contributed by atoms with Crippen LogP contribution in [-0.2, 0) is 0 Å². The maximum absolute atomic E-state index is 11.2. The fourth-order valence-electron chi connectivity index (χ4n) is 0.956. The maximum Gasteiger partial charge on any atom is 0.342 e. The van der Waals surface area contributed by atoms with Crippen LogP contribution in [0.5, 0.6) is 0 Å². The molecule has 0 aliphatic heterocycles. The van der Waals surface area contributed by atoms with Crippen LogP contribution in [-0.4, -0.2) is 15.2 Å². The summed E-state index contributed by atoms with van der Waals surface area (Å²) in [5.41, 5.74) is -1.20. The van der Waals surface area contributed by atoms with Crippen molar-refractivity contribution in [1.29, 1.82) is 0 Å². The van der Waals surface area contributed by atoms with Gasteiger partial charge in [-0.3, -0.25) is 9.78 Å². The van der Waals surface area contributed by atoms with E-state index in [4.69, 9.17) is 4.42 Å². The number of H-pyrrole nitrogens is 2. The summed E-state index contributed by atoms with van der Waals surface area (Å²) in [6.07, 6.45) is 0. The van der Waals surface area contributed by atoms with E-state index < -0.39 is 11.2 Å². The van der Waals surface area contributed by atoms with Crippen molar-refractivity contribution in [2.75, 3.05) is 0 Å². The summed E-state index contributed by atoms with van der Waals surface area (Å²) in [6.45, 7) is 0. The van der Waals surface area contributed by atoms with Gasteiger partial charge in [0.2, 0.25) is 0 Å². The summed E-state index contributed by atoms with van der Waals surface area (Å²) in [7, 11) is 0. The Morgan fingerprint density at radius 3 is 2.71 bits per heavy atom. The molecule has 2 rings (SSSR count). The molecular formula is C7H4BrN3O3. The van der Waals surface area contributed by atoms with Crippen molar-refractivity contribution < 1.29 is 4.42 Å². The highest BCUT2D eigenvalue weighted by Crippen LogP contribution is 2.19. The first-order valence-corrected chi connectivity index (χ1v) is 4.41. The first kappa shape index (κ1) is 8.95. The molecule has 0 atom stereocenters. The van der Waals surface area contributed by atoms with Gasteiger partial charge in [0.15, 0.2) is 16.1 Å². The van der Waals surface area contributed by atoms with Gasteiger partial charge in [-0.1, -0.05) is 0 Å². The summed E-state index contributed by atoms with van der Waals surface area (Å²) in [6, 6.07) is 3.20. The molecule has 0 amide bonds. The Morgan fingerprint density at radius 2 is 2.14 bits per heavy atom. The monoisotopic (exact) mass is 257 g/mol. The van der Waals surface area contributed by atoms with Crippen molar-refractivity contribution in [2.24, 2.45) is 0 Å². The Bertz CT molecular complexity index is 568. The van der Waals surface area contributed by atoms with Gasteiger partial charge in [0.25, 0.3) is 5.56 Å². The average Bonchev–Trinajstić information content (AvgIpc) is 2.51. The highest BCUT2D eigenvalue weighted by atomic mass is 79.9. The zero-order chi connectivity index (χ0) is 10.1. The third-order valence-corrected chi connectivity index (χ3v) is 1.94. The van der Waals surface area contributed by atoms with Gasteiger partial charge in [-0.05, 0) is 28.1 Å². The van der Waals surface area contributed by atoms with Crippen LogP contribution in [0, 0.1) is 0 Å². The van der Waals surface area contributed by atoms with Crippen molar-refractivity contribution in [1.82, 2.24) is 15.2 Å². The van der Waals surface area contributed by atoms with Crippen molar-refractivity contribution >= 4 is 15.9 Å². The zero-order valence-corrected chi connectivity index (χ0v) is 8.29. The van der Waals surface area contributed by atoms with E-state index in [-0.39, 0.29) is 11.5 Å². The Balaban J connectivity index is 2.63. The van der Waals surface area contributed by atoms with Gasteiger partial charge in [0, 0.05) is 0 Å². The molecule has 2 N–H and O–H groups in total. The molecule has 6 nitrogen and oxygen atoms in total. The quantitative estimate of drug-likeness (QED) is 0.778. The maximum atomic E-state index is 11.2. The van der Waals surface area contributed by atoms with Crippen LogP contribution >= 0.6 is 15.9 Å². The largest absolute Gasteiger partial charge is 0.447 e. The van der Waals surface area contributed by atoms with Crippen LogP contribution in [0.3, 0.4) is 0 Å². The van der Waals surface area contributed by atoms with E-state index in [1.807, 2.05) is 4.98 Å². The predicted octanol–water partition coefficient (Wildman–Crippen LogP) is 0.481. The van der Waals surface area contributed by atoms with Crippen LogP contribution < -0.4 is 11.2 Å². The summed E-state index contributed by atoms with van der Waals surface area (Å²) in [4.78, 5) is 23.9. The summed E-state index contributed by atoms with van der Waals surface area (Å²) in [5, 5.41) is 5.68. The Hall–Kier alpha value is -1.63. The molecule has 0 saturated heterocycles. The number of hydrogen-bond donors (Lipinski definition) is 2. The molecule has 0 saturated carbocycles.